The molecule has 1 amide bonds. The summed E-state index contributed by atoms with van der Waals surface area (Å²) in [6, 6.07) is 15.5. The molecule has 0 saturated heterocycles. The average Bonchev–Trinajstić information content (AvgIpc) is 3.48. The lowest BCUT2D eigenvalue weighted by atomic mass is 10.2. The Labute approximate surface area is 228 Å². The first-order valence-electron chi connectivity index (χ1n) is 11.3. The minimum absolute atomic E-state index is 0.0618. The van der Waals surface area contributed by atoms with Crippen LogP contribution in [0.15, 0.2) is 66.4 Å². The molecule has 0 aliphatic heterocycles. The average molecular weight is 574 g/mol. The summed E-state index contributed by atoms with van der Waals surface area (Å²) in [6.07, 6.45) is 4.16. The smallest absolute Gasteiger partial charge is 0.261 e. The number of carbonyl (C=O) groups is 1. The molecule has 5 rings (SSSR count). The lowest BCUT2D eigenvalue weighted by Gasteiger charge is -2.13. The first-order chi connectivity index (χ1) is 18.1. The number of nitrogens with one attached hydrogen (secondary N) is 2. The third-order valence-electron chi connectivity index (χ3n) is 5.15. The van der Waals surface area contributed by atoms with E-state index in [0.717, 1.165) is 32.6 Å². The summed E-state index contributed by atoms with van der Waals surface area (Å²) in [7, 11) is -3.67. The summed E-state index contributed by atoms with van der Waals surface area (Å²) in [4.78, 5) is 20.0. The Morgan fingerprint density at radius 2 is 1.95 bits per heavy atom. The largest absolute Gasteiger partial charge is 0.455 e. The topological polar surface area (TPSA) is 135 Å². The minimum Gasteiger partial charge on any atom is -0.455 e. The number of hydrogen-bond donors (Lipinski definition) is 3. The van der Waals surface area contributed by atoms with Crippen LogP contribution in [0.25, 0.3) is 21.1 Å². The van der Waals surface area contributed by atoms with Gasteiger partial charge in [0.25, 0.3) is 10.1 Å². The molecule has 0 saturated carbocycles. The number of amides is 1. The van der Waals surface area contributed by atoms with Gasteiger partial charge in [0.05, 0.1) is 16.8 Å². The van der Waals surface area contributed by atoms with Crippen LogP contribution in [0.1, 0.15) is 6.92 Å². The number of nitrogens with zero attached hydrogens (tertiary/aromatic N) is 3. The van der Waals surface area contributed by atoms with E-state index in [-0.39, 0.29) is 5.91 Å². The molecule has 0 spiro atoms. The van der Waals surface area contributed by atoms with Gasteiger partial charge in [-0.05, 0) is 47.8 Å². The van der Waals surface area contributed by atoms with E-state index < -0.39 is 10.1 Å². The zero-order chi connectivity index (χ0) is 27.3. The molecule has 5 aromatic rings. The van der Waals surface area contributed by atoms with Crippen molar-refractivity contribution in [3.63, 3.8) is 0 Å². The van der Waals surface area contributed by atoms with E-state index in [2.05, 4.69) is 26.7 Å². The lowest BCUT2D eigenvalue weighted by Crippen LogP contribution is -2.24. The van der Waals surface area contributed by atoms with Gasteiger partial charge < -0.3 is 19.9 Å². The van der Waals surface area contributed by atoms with Crippen LogP contribution in [0.2, 0.25) is 5.02 Å². The maximum atomic E-state index is 11.2. The quantitative estimate of drug-likeness (QED) is 0.218. The van der Waals surface area contributed by atoms with E-state index in [0.29, 0.717) is 35.9 Å². The molecule has 0 atom stereocenters. The number of thiophene rings is 1. The van der Waals surface area contributed by atoms with E-state index >= 15 is 0 Å². The van der Waals surface area contributed by atoms with Crippen molar-refractivity contribution in [2.75, 3.05) is 18.1 Å². The molecule has 3 N–H and O–H groups in total. The third kappa shape index (κ3) is 7.19. The molecule has 0 aliphatic rings. The fourth-order valence-corrected chi connectivity index (χ4v) is 4.66. The Balaban J connectivity index is 0.000000617. The number of halogens is 1. The number of aromatic nitrogens is 3. The summed E-state index contributed by atoms with van der Waals surface area (Å²) in [6.45, 7) is 2.62. The summed E-state index contributed by atoms with van der Waals surface area (Å²) in [5, 5.41) is 9.73. The SMILES string of the molecule is CC(=O)NCCn1ccc2ncnc(Nc3ccc(Oc4cccc5sccc45)c(Cl)c3)c21.CS(=O)(=O)O. The normalized spacial score (nSPS) is 11.2. The highest BCUT2D eigenvalue weighted by atomic mass is 35.5. The molecule has 3 heterocycles. The van der Waals surface area contributed by atoms with Gasteiger partial charge in [-0.25, -0.2) is 9.97 Å². The molecular formula is C25H24ClN5O5S2. The van der Waals surface area contributed by atoms with Crippen molar-refractivity contribution in [2.24, 2.45) is 0 Å². The van der Waals surface area contributed by atoms with Gasteiger partial charge >= 0.3 is 0 Å². The van der Waals surface area contributed by atoms with Gasteiger partial charge in [-0.3, -0.25) is 9.35 Å². The summed E-state index contributed by atoms with van der Waals surface area (Å²) in [5.74, 6) is 1.94. The number of anilines is 2. The van der Waals surface area contributed by atoms with Crippen LogP contribution in [0.5, 0.6) is 11.5 Å². The molecule has 13 heteroatoms. The Morgan fingerprint density at radius 1 is 1.16 bits per heavy atom. The fraction of sp³-hybridized carbons (Fsp3) is 0.160. The van der Waals surface area contributed by atoms with Crippen LogP contribution in [-0.4, -0.2) is 46.2 Å². The van der Waals surface area contributed by atoms with Crippen LogP contribution in [-0.2, 0) is 21.5 Å². The van der Waals surface area contributed by atoms with Crippen molar-refractivity contribution in [1.29, 1.82) is 0 Å². The van der Waals surface area contributed by atoms with Crippen molar-refractivity contribution in [3.05, 3.63) is 71.5 Å². The first kappa shape index (κ1) is 27.3. The highest BCUT2D eigenvalue weighted by Crippen LogP contribution is 2.37. The standard InChI is InChI=1S/C24H20ClN5O2S.CH4O3S/c1-15(31)26-9-11-30-10-7-19-23(30)24(28-14-27-19)29-16-5-6-21(18(25)13-16)32-20-3-2-4-22-17(20)8-12-33-22;1-5(2,3)4/h2-8,10,12-14H,9,11H2,1H3,(H,26,31)(H,27,28,29);1H3,(H,2,3,4). The molecule has 0 fully saturated rings. The maximum Gasteiger partial charge on any atom is 0.261 e. The minimum atomic E-state index is -3.67. The Morgan fingerprint density at radius 3 is 2.68 bits per heavy atom. The van der Waals surface area contributed by atoms with Gasteiger partial charge in [0.1, 0.15) is 23.3 Å². The van der Waals surface area contributed by atoms with E-state index in [1.54, 1.807) is 11.3 Å². The van der Waals surface area contributed by atoms with Gasteiger partial charge in [-0.2, -0.15) is 8.42 Å². The van der Waals surface area contributed by atoms with Gasteiger partial charge in [0.2, 0.25) is 5.91 Å². The second kappa shape index (κ2) is 11.8. The zero-order valence-corrected chi connectivity index (χ0v) is 22.8. The van der Waals surface area contributed by atoms with Crippen molar-refractivity contribution >= 4 is 71.6 Å². The fourth-order valence-electron chi connectivity index (χ4n) is 3.63. The van der Waals surface area contributed by atoms with E-state index in [1.165, 1.54) is 13.3 Å². The van der Waals surface area contributed by atoms with Crippen molar-refractivity contribution in [1.82, 2.24) is 19.9 Å². The second-order valence-corrected chi connectivity index (χ2v) is 11.0. The molecule has 2 aromatic carbocycles. The van der Waals surface area contributed by atoms with E-state index in [1.807, 2.05) is 58.6 Å². The van der Waals surface area contributed by atoms with Crippen molar-refractivity contribution < 1.29 is 22.5 Å². The van der Waals surface area contributed by atoms with Crippen molar-refractivity contribution in [3.8, 4) is 11.5 Å². The molecule has 0 aliphatic carbocycles. The molecule has 0 bridgehead atoms. The molecule has 198 valence electrons. The van der Waals surface area contributed by atoms with Gasteiger partial charge in [-0.15, -0.1) is 11.3 Å². The highest BCUT2D eigenvalue weighted by Gasteiger charge is 2.12. The van der Waals surface area contributed by atoms with Gasteiger partial charge in [0, 0.05) is 42.0 Å². The second-order valence-electron chi connectivity index (χ2n) is 8.14. The number of hydrogen-bond acceptors (Lipinski definition) is 8. The summed E-state index contributed by atoms with van der Waals surface area (Å²) >= 11 is 8.23. The Hall–Kier alpha value is -3.71. The number of fused-ring (bicyclic) bond motifs is 2. The monoisotopic (exact) mass is 573 g/mol. The van der Waals surface area contributed by atoms with Crippen LogP contribution in [0.3, 0.4) is 0 Å². The number of rotatable bonds is 7. The number of benzene rings is 2. The Bertz CT molecular complexity index is 1690. The van der Waals surface area contributed by atoms with Gasteiger partial charge in [0.15, 0.2) is 5.82 Å². The molecule has 10 nitrogen and oxygen atoms in total. The first-order valence-corrected chi connectivity index (χ1v) is 14.4. The predicted molar refractivity (Wildman–Crippen MR) is 150 cm³/mol. The van der Waals surface area contributed by atoms with Gasteiger partial charge in [-0.1, -0.05) is 17.7 Å². The maximum absolute atomic E-state index is 11.2. The van der Waals surface area contributed by atoms with Crippen LogP contribution >= 0.6 is 22.9 Å². The molecular weight excluding hydrogens is 550 g/mol. The van der Waals surface area contributed by atoms with E-state index in [9.17, 15) is 13.2 Å². The molecule has 3 aromatic heterocycles. The number of ether oxygens (including phenoxy) is 1. The third-order valence-corrected chi connectivity index (χ3v) is 6.32. The number of carbonyl (C=O) groups excluding carboxylic acids is 1. The molecule has 0 unspecified atom stereocenters. The van der Waals surface area contributed by atoms with E-state index in [4.69, 9.17) is 20.9 Å². The Kier molecular flexibility index (Phi) is 8.47. The van der Waals surface area contributed by atoms with Crippen molar-refractivity contribution in [2.45, 2.75) is 13.5 Å². The zero-order valence-electron chi connectivity index (χ0n) is 20.4. The molecule has 0 radical (unpaired) electrons. The van der Waals surface area contributed by atoms with Crippen LogP contribution in [0.4, 0.5) is 11.5 Å². The molecule has 38 heavy (non-hydrogen) atoms. The highest BCUT2D eigenvalue weighted by molar-refractivity contribution is 7.85. The summed E-state index contributed by atoms with van der Waals surface area (Å²) < 4.78 is 35.1. The predicted octanol–water partition coefficient (Wildman–Crippen LogP) is 5.48. The van der Waals surface area contributed by atoms with Crippen LogP contribution in [0, 0.1) is 0 Å². The summed E-state index contributed by atoms with van der Waals surface area (Å²) in [5.41, 5.74) is 2.43. The van der Waals surface area contributed by atoms with Crippen LogP contribution < -0.4 is 15.4 Å². The lowest BCUT2D eigenvalue weighted by molar-refractivity contribution is -0.118.